The number of hydrogen-bond acceptors (Lipinski definition) is 2. The molecule has 6 heteroatoms. The first kappa shape index (κ1) is 18.0. The lowest BCUT2D eigenvalue weighted by atomic mass is 9.93. The Labute approximate surface area is 149 Å². The third-order valence-corrected chi connectivity index (χ3v) is 4.57. The second-order valence-corrected chi connectivity index (χ2v) is 7.23. The van der Waals surface area contributed by atoms with Crippen LogP contribution in [0.5, 0.6) is 0 Å². The van der Waals surface area contributed by atoms with E-state index >= 15 is 0 Å². The molecule has 3 rings (SSSR count). The molecule has 2 nitrogen and oxygen atoms in total. The average Bonchev–Trinajstić information content (AvgIpc) is 3.34. The normalized spacial score (nSPS) is 14.7. The van der Waals surface area contributed by atoms with Gasteiger partial charge in [-0.3, -0.25) is 0 Å². The Kier molecular flexibility index (Phi) is 4.41. The van der Waals surface area contributed by atoms with Crippen molar-refractivity contribution in [3.63, 3.8) is 0 Å². The van der Waals surface area contributed by atoms with E-state index < -0.39 is 23.1 Å². The van der Waals surface area contributed by atoms with Gasteiger partial charge >= 0.3 is 0 Å². The van der Waals surface area contributed by atoms with E-state index in [1.165, 1.54) is 19.9 Å². The van der Waals surface area contributed by atoms with Gasteiger partial charge in [0.2, 0.25) is 0 Å². The van der Waals surface area contributed by atoms with Crippen LogP contribution >= 0.6 is 11.6 Å². The number of aliphatic hydroxyl groups is 1. The molecule has 0 aliphatic heterocycles. The Morgan fingerprint density at radius 1 is 1.20 bits per heavy atom. The number of aromatic nitrogens is 1. The van der Waals surface area contributed by atoms with Gasteiger partial charge in [-0.15, -0.1) is 0 Å². The summed E-state index contributed by atoms with van der Waals surface area (Å²) in [5.74, 6) is -2.54. The van der Waals surface area contributed by atoms with Gasteiger partial charge in [0, 0.05) is 17.2 Å². The van der Waals surface area contributed by atoms with E-state index in [-0.39, 0.29) is 27.8 Å². The molecule has 0 atom stereocenters. The van der Waals surface area contributed by atoms with Crippen LogP contribution < -0.4 is 0 Å². The number of rotatable bonds is 4. The molecule has 132 valence electrons. The first-order valence-electron chi connectivity index (χ1n) is 7.87. The summed E-state index contributed by atoms with van der Waals surface area (Å²) < 4.78 is 42.6. The summed E-state index contributed by atoms with van der Waals surface area (Å²) in [6.07, 6.45) is 1.92. The van der Waals surface area contributed by atoms with Crippen LogP contribution in [-0.2, 0) is 5.60 Å². The lowest BCUT2D eigenvalue weighted by Crippen LogP contribution is -2.19. The fourth-order valence-corrected chi connectivity index (χ4v) is 2.83. The Bertz CT molecular complexity index is 870. The van der Waals surface area contributed by atoms with Gasteiger partial charge in [0.1, 0.15) is 17.3 Å². The minimum Gasteiger partial charge on any atom is -0.386 e. The van der Waals surface area contributed by atoms with Crippen molar-refractivity contribution in [3.05, 3.63) is 58.5 Å². The van der Waals surface area contributed by atoms with E-state index in [0.717, 1.165) is 18.9 Å². The standard InChI is InChI=1S/C19H17ClF3NO/c1-9(10-4-5-10)16-7-12(19(2,3)25)17(23)18(24-16)11-6-13(20)15(22)8-14(11)21/h6-8,10,25H,1,4-5H2,2-3H3. The zero-order valence-electron chi connectivity index (χ0n) is 13.8. The lowest BCUT2D eigenvalue weighted by Gasteiger charge is -2.22. The monoisotopic (exact) mass is 367 g/mol. The summed E-state index contributed by atoms with van der Waals surface area (Å²) in [6, 6.07) is 3.02. The lowest BCUT2D eigenvalue weighted by molar-refractivity contribution is 0.0744. The quantitative estimate of drug-likeness (QED) is 0.727. The van der Waals surface area contributed by atoms with Crippen molar-refractivity contribution < 1.29 is 18.3 Å². The first-order valence-corrected chi connectivity index (χ1v) is 8.25. The molecular formula is C19H17ClF3NO. The second-order valence-electron chi connectivity index (χ2n) is 6.82. The number of allylic oxidation sites excluding steroid dienone is 1. The molecule has 0 spiro atoms. The zero-order valence-corrected chi connectivity index (χ0v) is 14.6. The van der Waals surface area contributed by atoms with Crippen LogP contribution in [-0.4, -0.2) is 10.1 Å². The van der Waals surface area contributed by atoms with Gasteiger partial charge in [-0.05, 0) is 50.3 Å². The van der Waals surface area contributed by atoms with Crippen LogP contribution in [0, 0.1) is 23.4 Å². The Morgan fingerprint density at radius 2 is 1.84 bits per heavy atom. The van der Waals surface area contributed by atoms with Crippen LogP contribution in [0.15, 0.2) is 24.8 Å². The number of nitrogens with zero attached hydrogens (tertiary/aromatic N) is 1. The van der Waals surface area contributed by atoms with E-state index in [0.29, 0.717) is 17.3 Å². The molecule has 2 aromatic rings. The van der Waals surface area contributed by atoms with Gasteiger partial charge in [-0.1, -0.05) is 18.2 Å². The molecule has 1 aliphatic rings. The van der Waals surface area contributed by atoms with E-state index in [1.807, 2.05) is 0 Å². The molecule has 1 N–H and O–H groups in total. The summed E-state index contributed by atoms with van der Waals surface area (Å²) in [5, 5.41) is 9.95. The van der Waals surface area contributed by atoms with Crippen LogP contribution in [0.1, 0.15) is 37.9 Å². The van der Waals surface area contributed by atoms with Gasteiger partial charge in [0.15, 0.2) is 5.82 Å². The Hall–Kier alpha value is -1.85. The average molecular weight is 368 g/mol. The molecule has 25 heavy (non-hydrogen) atoms. The highest BCUT2D eigenvalue weighted by molar-refractivity contribution is 6.31. The van der Waals surface area contributed by atoms with Crippen LogP contribution in [0.3, 0.4) is 0 Å². The number of hydrogen-bond donors (Lipinski definition) is 1. The molecular weight excluding hydrogens is 351 g/mol. The molecule has 1 heterocycles. The number of benzene rings is 1. The van der Waals surface area contributed by atoms with E-state index in [2.05, 4.69) is 11.6 Å². The molecule has 1 saturated carbocycles. The highest BCUT2D eigenvalue weighted by Gasteiger charge is 2.31. The van der Waals surface area contributed by atoms with Gasteiger partial charge in [0.05, 0.1) is 16.3 Å². The Balaban J connectivity index is 2.26. The van der Waals surface area contributed by atoms with E-state index in [1.54, 1.807) is 0 Å². The largest absolute Gasteiger partial charge is 0.386 e. The molecule has 0 amide bonds. The summed E-state index contributed by atoms with van der Waals surface area (Å²) in [7, 11) is 0. The summed E-state index contributed by atoms with van der Waals surface area (Å²) >= 11 is 5.72. The third-order valence-electron chi connectivity index (χ3n) is 4.28. The fourth-order valence-electron chi connectivity index (χ4n) is 2.66. The third kappa shape index (κ3) is 3.44. The minimum atomic E-state index is -1.51. The van der Waals surface area contributed by atoms with Crippen LogP contribution in [0.4, 0.5) is 13.2 Å². The first-order chi connectivity index (χ1) is 11.6. The SMILES string of the molecule is C=C(c1cc(C(C)(C)O)c(F)c(-c2cc(Cl)c(F)cc2F)n1)C1CC1. The number of pyridine rings is 1. The van der Waals surface area contributed by atoms with Crippen molar-refractivity contribution in [2.45, 2.75) is 32.3 Å². The van der Waals surface area contributed by atoms with Gasteiger partial charge in [-0.2, -0.15) is 0 Å². The van der Waals surface area contributed by atoms with Crippen molar-refractivity contribution in [2.75, 3.05) is 0 Å². The van der Waals surface area contributed by atoms with Crippen molar-refractivity contribution in [2.24, 2.45) is 5.92 Å². The predicted octanol–water partition coefficient (Wildman–Crippen LogP) is 5.47. The summed E-state index contributed by atoms with van der Waals surface area (Å²) in [6.45, 7) is 6.83. The molecule has 0 unspecified atom stereocenters. The van der Waals surface area contributed by atoms with E-state index in [4.69, 9.17) is 11.6 Å². The molecule has 1 aromatic carbocycles. The van der Waals surface area contributed by atoms with Gasteiger partial charge < -0.3 is 5.11 Å². The van der Waals surface area contributed by atoms with Crippen molar-refractivity contribution in [3.8, 4) is 11.3 Å². The molecule has 1 aromatic heterocycles. The topological polar surface area (TPSA) is 33.1 Å². The van der Waals surface area contributed by atoms with Gasteiger partial charge in [-0.25, -0.2) is 18.2 Å². The summed E-state index contributed by atoms with van der Waals surface area (Å²) in [4.78, 5) is 4.20. The maximum Gasteiger partial charge on any atom is 0.155 e. The minimum absolute atomic E-state index is 0.0332. The molecule has 0 bridgehead atoms. The van der Waals surface area contributed by atoms with Crippen molar-refractivity contribution in [1.82, 2.24) is 4.98 Å². The zero-order chi connectivity index (χ0) is 18.5. The van der Waals surface area contributed by atoms with Crippen LogP contribution in [0.2, 0.25) is 5.02 Å². The van der Waals surface area contributed by atoms with Gasteiger partial charge in [0.25, 0.3) is 0 Å². The van der Waals surface area contributed by atoms with E-state index in [9.17, 15) is 18.3 Å². The predicted molar refractivity (Wildman–Crippen MR) is 91.6 cm³/mol. The molecule has 1 aliphatic carbocycles. The molecule has 1 fully saturated rings. The fraction of sp³-hybridized carbons (Fsp3) is 0.316. The van der Waals surface area contributed by atoms with Crippen molar-refractivity contribution >= 4 is 17.2 Å². The molecule has 0 radical (unpaired) electrons. The molecule has 0 saturated heterocycles. The highest BCUT2D eigenvalue weighted by atomic mass is 35.5. The summed E-state index contributed by atoms with van der Waals surface area (Å²) in [5.41, 5.74) is -1.04. The maximum absolute atomic E-state index is 15.0. The smallest absolute Gasteiger partial charge is 0.155 e. The van der Waals surface area contributed by atoms with Crippen LogP contribution in [0.25, 0.3) is 16.8 Å². The van der Waals surface area contributed by atoms with Crippen molar-refractivity contribution in [1.29, 1.82) is 0 Å². The maximum atomic E-state index is 15.0. The highest BCUT2D eigenvalue weighted by Crippen LogP contribution is 2.42. The number of halogens is 4. The second kappa shape index (κ2) is 6.15. The Morgan fingerprint density at radius 3 is 2.40 bits per heavy atom.